The van der Waals surface area contributed by atoms with Crippen LogP contribution in [0.15, 0.2) is 29.2 Å². The van der Waals surface area contributed by atoms with Crippen LogP contribution in [0.3, 0.4) is 0 Å². The van der Waals surface area contributed by atoms with E-state index in [2.05, 4.69) is 36.7 Å². The molecule has 0 aliphatic heterocycles. The van der Waals surface area contributed by atoms with E-state index in [-0.39, 0.29) is 10.2 Å². The molecule has 0 saturated heterocycles. The Bertz CT molecular complexity index is 486. The van der Waals surface area contributed by atoms with Gasteiger partial charge in [-0.25, -0.2) is 8.42 Å². The van der Waals surface area contributed by atoms with E-state index in [9.17, 15) is 8.42 Å². The third-order valence-electron chi connectivity index (χ3n) is 2.71. The fourth-order valence-electron chi connectivity index (χ4n) is 1.53. The second-order valence-corrected chi connectivity index (χ2v) is 8.51. The van der Waals surface area contributed by atoms with Crippen LogP contribution in [-0.4, -0.2) is 19.5 Å². The smallest absolute Gasteiger partial charge is 0.175 e. The molecule has 0 fully saturated rings. The zero-order valence-corrected chi connectivity index (χ0v) is 13.1. The van der Waals surface area contributed by atoms with Crippen LogP contribution in [0.4, 0.5) is 0 Å². The fourth-order valence-corrected chi connectivity index (χ4v) is 2.84. The molecule has 4 heteroatoms. The van der Waals surface area contributed by atoms with Gasteiger partial charge in [-0.1, -0.05) is 54.9 Å². The summed E-state index contributed by atoms with van der Waals surface area (Å²) in [5.74, 6) is 0. The molecule has 1 aromatic carbocycles. The average Bonchev–Trinajstić information content (AvgIpc) is 2.15. The Hall–Kier alpha value is -0.350. The normalized spacial score (nSPS) is 14.6. The van der Waals surface area contributed by atoms with E-state index in [4.69, 9.17) is 0 Å². The summed E-state index contributed by atoms with van der Waals surface area (Å²) >= 11 is 3.64. The topological polar surface area (TPSA) is 34.1 Å². The molecule has 1 atom stereocenters. The largest absolute Gasteiger partial charge is 0.224 e. The predicted octanol–water partition coefficient (Wildman–Crippen LogP) is 3.44. The first kappa shape index (κ1) is 14.7. The number of hydrogen-bond acceptors (Lipinski definition) is 2. The predicted molar refractivity (Wildman–Crippen MR) is 75.4 cm³/mol. The van der Waals surface area contributed by atoms with Crippen LogP contribution in [0.25, 0.3) is 0 Å². The lowest BCUT2D eigenvalue weighted by Gasteiger charge is -2.26. The van der Waals surface area contributed by atoms with Gasteiger partial charge in [0.15, 0.2) is 9.84 Å². The Balaban J connectivity index is 3.09. The highest BCUT2D eigenvalue weighted by atomic mass is 79.9. The van der Waals surface area contributed by atoms with Crippen molar-refractivity contribution in [1.82, 2.24) is 0 Å². The summed E-state index contributed by atoms with van der Waals surface area (Å²) in [6, 6.07) is 7.20. The molecular formula is C13H19BrO2S. The summed E-state index contributed by atoms with van der Waals surface area (Å²) in [5, 5.41) is 0. The molecule has 2 nitrogen and oxygen atoms in total. The third-order valence-corrected chi connectivity index (χ3v) is 5.61. The highest BCUT2D eigenvalue weighted by molar-refractivity contribution is 9.09. The van der Waals surface area contributed by atoms with Gasteiger partial charge in [0.25, 0.3) is 0 Å². The van der Waals surface area contributed by atoms with E-state index in [1.54, 1.807) is 12.1 Å². The van der Waals surface area contributed by atoms with Gasteiger partial charge >= 0.3 is 0 Å². The molecule has 0 spiro atoms. The number of sulfone groups is 1. The first-order valence-electron chi connectivity index (χ1n) is 5.54. The molecule has 0 N–H and O–H groups in total. The zero-order valence-electron chi connectivity index (χ0n) is 10.7. The van der Waals surface area contributed by atoms with Gasteiger partial charge in [-0.3, -0.25) is 0 Å². The van der Waals surface area contributed by atoms with Gasteiger partial charge in [0, 0.05) is 11.1 Å². The number of alkyl halides is 1. The average molecular weight is 319 g/mol. The maximum absolute atomic E-state index is 11.7. The first-order chi connectivity index (χ1) is 7.62. The molecule has 17 heavy (non-hydrogen) atoms. The van der Waals surface area contributed by atoms with E-state index >= 15 is 0 Å². The van der Waals surface area contributed by atoms with Crippen LogP contribution < -0.4 is 0 Å². The molecule has 1 aromatic rings. The molecule has 0 aromatic heterocycles. The summed E-state index contributed by atoms with van der Waals surface area (Å²) in [6.45, 7) is 6.40. The van der Waals surface area contributed by atoms with Crippen LogP contribution in [0, 0.1) is 5.41 Å². The lowest BCUT2D eigenvalue weighted by Crippen LogP contribution is -2.23. The van der Waals surface area contributed by atoms with E-state index in [0.717, 1.165) is 5.56 Å². The minimum Gasteiger partial charge on any atom is -0.224 e. The lowest BCUT2D eigenvalue weighted by molar-refractivity contribution is 0.396. The van der Waals surface area contributed by atoms with Crippen molar-refractivity contribution in [3.63, 3.8) is 0 Å². The van der Waals surface area contributed by atoms with Crippen LogP contribution in [0.1, 0.15) is 26.3 Å². The minimum absolute atomic E-state index is 0.102. The molecule has 1 unspecified atom stereocenters. The molecular weight excluding hydrogens is 300 g/mol. The number of rotatable bonds is 3. The number of halogens is 1. The van der Waals surface area contributed by atoms with Crippen molar-refractivity contribution in [1.29, 1.82) is 0 Å². The van der Waals surface area contributed by atoms with Gasteiger partial charge in [-0.05, 0) is 23.5 Å². The summed E-state index contributed by atoms with van der Waals surface area (Å²) in [7, 11) is -3.15. The van der Waals surface area contributed by atoms with Crippen molar-refractivity contribution >= 4 is 25.8 Å². The van der Waals surface area contributed by atoms with Crippen LogP contribution in [0.5, 0.6) is 0 Å². The van der Waals surface area contributed by atoms with Crippen molar-refractivity contribution in [2.75, 3.05) is 6.26 Å². The Morgan fingerprint density at radius 3 is 2.24 bits per heavy atom. The third kappa shape index (κ3) is 4.11. The first-order valence-corrected chi connectivity index (χ1v) is 8.35. The zero-order chi connectivity index (χ0) is 13.3. The Morgan fingerprint density at radius 1 is 1.24 bits per heavy atom. The van der Waals surface area contributed by atoms with Crippen LogP contribution >= 0.6 is 15.9 Å². The van der Waals surface area contributed by atoms with Gasteiger partial charge in [0.1, 0.15) is 0 Å². The van der Waals surface area contributed by atoms with Gasteiger partial charge in [0.2, 0.25) is 0 Å². The summed E-state index contributed by atoms with van der Waals surface area (Å²) in [5.41, 5.74) is 0.983. The van der Waals surface area contributed by atoms with E-state index in [1.165, 1.54) is 6.26 Å². The maximum atomic E-state index is 11.7. The maximum Gasteiger partial charge on any atom is 0.175 e. The summed E-state index contributed by atoms with van der Waals surface area (Å²) in [6.07, 6.45) is 1.97. The molecule has 0 heterocycles. The molecule has 1 rings (SSSR count). The molecule has 0 aliphatic rings. The van der Waals surface area contributed by atoms with E-state index in [0.29, 0.717) is 11.3 Å². The van der Waals surface area contributed by atoms with Crippen molar-refractivity contribution in [2.24, 2.45) is 5.41 Å². The second-order valence-electron chi connectivity index (χ2n) is 5.42. The highest BCUT2D eigenvalue weighted by Gasteiger charge is 2.24. The molecule has 0 amide bonds. The second kappa shape index (κ2) is 5.11. The molecule has 0 bridgehead atoms. The Labute approximate surface area is 112 Å². The Morgan fingerprint density at radius 2 is 1.76 bits per heavy atom. The van der Waals surface area contributed by atoms with Crippen LogP contribution in [-0.2, 0) is 16.3 Å². The van der Waals surface area contributed by atoms with Gasteiger partial charge in [-0.15, -0.1) is 0 Å². The van der Waals surface area contributed by atoms with Gasteiger partial charge < -0.3 is 0 Å². The fraction of sp³-hybridized carbons (Fsp3) is 0.538. The standard InChI is InChI=1S/C13H19BrO2S/c1-13(2,3)12(14)9-10-7-5-6-8-11(10)17(4,15)16/h5-8,12H,9H2,1-4H3. The van der Waals surface area contributed by atoms with Crippen molar-refractivity contribution in [2.45, 2.75) is 36.9 Å². The summed E-state index contributed by atoms with van der Waals surface area (Å²) in [4.78, 5) is 0.687. The van der Waals surface area contributed by atoms with E-state index < -0.39 is 9.84 Å². The lowest BCUT2D eigenvalue weighted by atomic mass is 9.88. The van der Waals surface area contributed by atoms with Crippen molar-refractivity contribution in [3.8, 4) is 0 Å². The quantitative estimate of drug-likeness (QED) is 0.800. The van der Waals surface area contributed by atoms with Gasteiger partial charge in [0.05, 0.1) is 4.90 Å². The molecule has 0 radical (unpaired) electrons. The van der Waals surface area contributed by atoms with Crippen molar-refractivity contribution < 1.29 is 8.42 Å². The van der Waals surface area contributed by atoms with Gasteiger partial charge in [-0.2, -0.15) is 0 Å². The minimum atomic E-state index is -3.15. The molecule has 0 saturated carbocycles. The van der Waals surface area contributed by atoms with Crippen LogP contribution in [0.2, 0.25) is 0 Å². The summed E-state index contributed by atoms with van der Waals surface area (Å²) < 4.78 is 23.3. The Kier molecular flexibility index (Phi) is 4.42. The molecule has 96 valence electrons. The molecule has 0 aliphatic carbocycles. The number of hydrogen-bond donors (Lipinski definition) is 0. The monoisotopic (exact) mass is 318 g/mol. The van der Waals surface area contributed by atoms with E-state index in [1.807, 2.05) is 12.1 Å². The SMILES string of the molecule is CC(C)(C)C(Br)Cc1ccccc1S(C)(=O)=O. The highest BCUT2D eigenvalue weighted by Crippen LogP contribution is 2.30. The number of benzene rings is 1. The van der Waals surface area contributed by atoms with Crippen molar-refractivity contribution in [3.05, 3.63) is 29.8 Å².